The first kappa shape index (κ1) is 20.2. The summed E-state index contributed by atoms with van der Waals surface area (Å²) in [6, 6.07) is 3.59. The van der Waals surface area contributed by atoms with E-state index >= 15 is 0 Å². The van der Waals surface area contributed by atoms with Gasteiger partial charge in [0.1, 0.15) is 0 Å². The molecule has 0 spiro atoms. The quantitative estimate of drug-likeness (QED) is 0.729. The van der Waals surface area contributed by atoms with Crippen LogP contribution in [0.4, 0.5) is 0 Å². The fraction of sp³-hybridized carbons (Fsp3) is 0.571. The van der Waals surface area contributed by atoms with E-state index in [0.29, 0.717) is 11.1 Å². The van der Waals surface area contributed by atoms with E-state index in [9.17, 15) is 10.2 Å². The second kappa shape index (κ2) is 6.32. The zero-order valence-electron chi connectivity index (χ0n) is 11.6. The maximum absolute atomic E-state index is 12.0. The maximum Gasteiger partial charge on any atom is 0 e. The summed E-state index contributed by atoms with van der Waals surface area (Å²) in [4.78, 5) is 0. The molecule has 0 aliphatic carbocycles. The molecule has 0 aromatic heterocycles. The molecule has 2 nitrogen and oxygen atoms in total. The third kappa shape index (κ3) is 4.19. The van der Waals surface area contributed by atoms with Crippen LogP contribution in [0.2, 0.25) is 0 Å². The summed E-state index contributed by atoms with van der Waals surface area (Å²) in [7, 11) is 0. The predicted molar refractivity (Wildman–Crippen MR) is 62.7 cm³/mol. The van der Waals surface area contributed by atoms with E-state index in [4.69, 9.17) is 0 Å². The summed E-state index contributed by atoms with van der Waals surface area (Å²) in [5.74, 6) is -0.695. The van der Waals surface area contributed by atoms with Crippen LogP contribution in [0.25, 0.3) is 0 Å². The van der Waals surface area contributed by atoms with Gasteiger partial charge < -0.3 is 10.2 Å². The molecule has 1 aromatic rings. The Hall–Kier alpha value is -0.167. The Kier molecular flexibility index (Phi) is 7.08. The van der Waals surface area contributed by atoms with Gasteiger partial charge in [-0.25, -0.2) is 0 Å². The SMILES string of the molecule is CC(C)(C)c1ccc(C(C)(C)C)c([O-])c1[O-].[Co].[Co]. The van der Waals surface area contributed by atoms with Gasteiger partial charge >= 0.3 is 0 Å². The minimum absolute atomic E-state index is 0. The molecule has 0 amide bonds. The smallest absolute Gasteiger partial charge is 0 e. The zero-order valence-corrected chi connectivity index (χ0v) is 13.7. The van der Waals surface area contributed by atoms with E-state index in [-0.39, 0.29) is 55.9 Å². The molecular weight excluding hydrogens is 318 g/mol. The van der Waals surface area contributed by atoms with Crippen LogP contribution in [0.5, 0.6) is 11.5 Å². The van der Waals surface area contributed by atoms with Gasteiger partial charge in [0, 0.05) is 33.6 Å². The van der Waals surface area contributed by atoms with Crippen molar-refractivity contribution in [2.24, 2.45) is 0 Å². The molecule has 0 saturated heterocycles. The molecule has 0 N–H and O–H groups in total. The Morgan fingerprint density at radius 2 is 0.889 bits per heavy atom. The number of rotatable bonds is 0. The summed E-state index contributed by atoms with van der Waals surface area (Å²) < 4.78 is 0. The number of hydrogen-bond donors (Lipinski definition) is 0. The van der Waals surface area contributed by atoms with Crippen molar-refractivity contribution in [3.8, 4) is 11.5 Å². The van der Waals surface area contributed by atoms with Gasteiger partial charge in [-0.2, -0.15) is 0 Å². The summed E-state index contributed by atoms with van der Waals surface area (Å²) >= 11 is 0. The Bertz CT molecular complexity index is 362. The monoisotopic (exact) mass is 338 g/mol. The first-order valence-electron chi connectivity index (χ1n) is 5.57. The second-order valence-electron chi connectivity index (χ2n) is 6.32. The molecule has 108 valence electrons. The molecule has 2 radical (unpaired) electrons. The van der Waals surface area contributed by atoms with Crippen molar-refractivity contribution in [2.45, 2.75) is 52.4 Å². The van der Waals surface area contributed by atoms with Gasteiger partial charge in [0.15, 0.2) is 0 Å². The Morgan fingerprint density at radius 3 is 1.06 bits per heavy atom. The average molecular weight is 338 g/mol. The van der Waals surface area contributed by atoms with Gasteiger partial charge in [0.05, 0.1) is 0 Å². The van der Waals surface area contributed by atoms with Crippen LogP contribution in [-0.4, -0.2) is 0 Å². The minimum Gasteiger partial charge on any atom is -0.873 e. The molecule has 0 fully saturated rings. The van der Waals surface area contributed by atoms with Crippen molar-refractivity contribution < 1.29 is 43.8 Å². The fourth-order valence-electron chi connectivity index (χ4n) is 1.74. The van der Waals surface area contributed by atoms with Crippen LogP contribution < -0.4 is 10.2 Å². The minimum atomic E-state index is -0.347. The number of hydrogen-bond acceptors (Lipinski definition) is 2. The first-order valence-corrected chi connectivity index (χ1v) is 5.57. The molecule has 18 heavy (non-hydrogen) atoms. The van der Waals surface area contributed by atoms with Gasteiger partial charge in [-0.3, -0.25) is 0 Å². The fourth-order valence-corrected chi connectivity index (χ4v) is 1.74. The number of benzene rings is 1. The molecule has 0 saturated carbocycles. The second-order valence-corrected chi connectivity index (χ2v) is 6.32. The Balaban J connectivity index is 0. The van der Waals surface area contributed by atoms with Crippen LogP contribution in [0, 0.1) is 0 Å². The predicted octanol–water partition coefficient (Wildman–Crippen LogP) is 2.42. The summed E-state index contributed by atoms with van der Waals surface area (Å²) in [5, 5.41) is 23.9. The standard InChI is InChI=1S/C14H22O2.2Co/c1-13(2,3)9-7-8-10(14(4,5)6)12(16)11(9)15;;/h7-8,15-16H,1-6H3;;/p-2. The van der Waals surface area contributed by atoms with Crippen molar-refractivity contribution in [3.05, 3.63) is 23.3 Å². The topological polar surface area (TPSA) is 46.1 Å². The first-order chi connectivity index (χ1) is 7.05. The summed E-state index contributed by atoms with van der Waals surface area (Å²) in [6.45, 7) is 11.7. The molecular formula is C14H20Co2O2-2. The van der Waals surface area contributed by atoms with Crippen LogP contribution in [-0.2, 0) is 44.4 Å². The van der Waals surface area contributed by atoms with Gasteiger partial charge in [0.25, 0.3) is 0 Å². The third-order valence-corrected chi connectivity index (χ3v) is 2.73. The molecule has 0 unspecified atom stereocenters. The van der Waals surface area contributed by atoms with Crippen LogP contribution >= 0.6 is 0 Å². The van der Waals surface area contributed by atoms with Gasteiger partial charge in [-0.05, 0) is 10.8 Å². The van der Waals surface area contributed by atoms with E-state index in [1.807, 2.05) is 41.5 Å². The van der Waals surface area contributed by atoms with Crippen molar-refractivity contribution in [2.75, 3.05) is 0 Å². The molecule has 0 atom stereocenters. The van der Waals surface area contributed by atoms with Crippen LogP contribution in [0.1, 0.15) is 52.7 Å². The Labute approximate surface area is 131 Å². The van der Waals surface area contributed by atoms with E-state index in [2.05, 4.69) is 0 Å². The summed E-state index contributed by atoms with van der Waals surface area (Å²) in [5.41, 5.74) is 0.662. The van der Waals surface area contributed by atoms with E-state index < -0.39 is 0 Å². The van der Waals surface area contributed by atoms with Gasteiger partial charge in [-0.1, -0.05) is 64.8 Å². The van der Waals surface area contributed by atoms with Crippen LogP contribution in [0.15, 0.2) is 12.1 Å². The van der Waals surface area contributed by atoms with Crippen LogP contribution in [0.3, 0.4) is 0 Å². The molecule has 1 rings (SSSR count). The molecule has 1 aromatic carbocycles. The van der Waals surface area contributed by atoms with E-state index in [1.165, 1.54) is 0 Å². The van der Waals surface area contributed by atoms with Gasteiger partial charge in [-0.15, -0.1) is 11.5 Å². The molecule has 0 aliphatic rings. The van der Waals surface area contributed by atoms with Crippen molar-refractivity contribution in [1.29, 1.82) is 0 Å². The van der Waals surface area contributed by atoms with Gasteiger partial charge in [0.2, 0.25) is 0 Å². The van der Waals surface area contributed by atoms with Crippen molar-refractivity contribution in [3.63, 3.8) is 0 Å². The molecule has 0 bridgehead atoms. The summed E-state index contributed by atoms with van der Waals surface area (Å²) in [6.07, 6.45) is 0. The normalized spacial score (nSPS) is 11.4. The van der Waals surface area contributed by atoms with Crippen molar-refractivity contribution in [1.82, 2.24) is 0 Å². The maximum atomic E-state index is 12.0. The zero-order chi connectivity index (χ0) is 12.7. The van der Waals surface area contributed by atoms with E-state index in [1.54, 1.807) is 12.1 Å². The largest absolute Gasteiger partial charge is 0.873 e. The van der Waals surface area contributed by atoms with Crippen molar-refractivity contribution >= 4 is 0 Å². The molecule has 0 aliphatic heterocycles. The van der Waals surface area contributed by atoms with E-state index in [0.717, 1.165) is 0 Å². The average Bonchev–Trinajstić information content (AvgIpc) is 2.05. The molecule has 4 heteroatoms. The Morgan fingerprint density at radius 1 is 0.667 bits per heavy atom. The molecule has 0 heterocycles. The third-order valence-electron chi connectivity index (χ3n) is 2.73.